The van der Waals surface area contributed by atoms with Crippen LogP contribution < -0.4 is 15.8 Å². The molecule has 0 heterocycles. The fourth-order valence-corrected chi connectivity index (χ4v) is 2.39. The fraction of sp³-hybridized carbons (Fsp3) is 0.188. The average molecular weight is 349 g/mol. The SMILES string of the molecule is Cc1cccc(NC(=O)COc2ccc(CN)cc2Br)c1. The fourth-order valence-electron chi connectivity index (χ4n) is 1.85. The van der Waals surface area contributed by atoms with Crippen molar-refractivity contribution in [3.63, 3.8) is 0 Å². The minimum atomic E-state index is -0.199. The second kappa shape index (κ2) is 7.24. The molecule has 2 aromatic carbocycles. The Kier molecular flexibility index (Phi) is 5.36. The van der Waals surface area contributed by atoms with E-state index in [1.54, 1.807) is 6.07 Å². The Balaban J connectivity index is 1.92. The van der Waals surface area contributed by atoms with Gasteiger partial charge in [0.1, 0.15) is 5.75 Å². The van der Waals surface area contributed by atoms with Crippen LogP contribution in [-0.2, 0) is 11.3 Å². The van der Waals surface area contributed by atoms with Crippen molar-refractivity contribution in [3.8, 4) is 5.75 Å². The molecule has 4 nitrogen and oxygen atoms in total. The molecule has 1 amide bonds. The third-order valence-electron chi connectivity index (χ3n) is 2.89. The van der Waals surface area contributed by atoms with Gasteiger partial charge in [-0.2, -0.15) is 0 Å². The molecule has 0 aliphatic rings. The number of nitrogens with one attached hydrogen (secondary N) is 1. The number of amides is 1. The zero-order valence-electron chi connectivity index (χ0n) is 11.7. The van der Waals surface area contributed by atoms with Crippen LogP contribution >= 0.6 is 15.9 Å². The Morgan fingerprint density at radius 3 is 2.76 bits per heavy atom. The van der Waals surface area contributed by atoms with Gasteiger partial charge in [0.15, 0.2) is 6.61 Å². The van der Waals surface area contributed by atoms with Crippen molar-refractivity contribution >= 4 is 27.5 Å². The van der Waals surface area contributed by atoms with Crippen LogP contribution in [0.1, 0.15) is 11.1 Å². The third kappa shape index (κ3) is 4.58. The quantitative estimate of drug-likeness (QED) is 0.871. The molecule has 0 aliphatic heterocycles. The lowest BCUT2D eigenvalue weighted by Gasteiger charge is -2.10. The van der Waals surface area contributed by atoms with Gasteiger partial charge in [-0.25, -0.2) is 0 Å². The predicted molar refractivity (Wildman–Crippen MR) is 87.3 cm³/mol. The summed E-state index contributed by atoms with van der Waals surface area (Å²) in [6.45, 7) is 2.39. The van der Waals surface area contributed by atoms with Crippen LogP contribution in [0.2, 0.25) is 0 Å². The molecular weight excluding hydrogens is 332 g/mol. The molecule has 5 heteroatoms. The standard InChI is InChI=1S/C16H17BrN2O2/c1-11-3-2-4-13(7-11)19-16(20)10-21-15-6-5-12(9-18)8-14(15)17/h2-8H,9-10,18H2,1H3,(H,19,20). The monoisotopic (exact) mass is 348 g/mol. The van der Waals surface area contributed by atoms with Gasteiger partial charge in [-0.15, -0.1) is 0 Å². The molecule has 0 aromatic heterocycles. The highest BCUT2D eigenvalue weighted by molar-refractivity contribution is 9.10. The van der Waals surface area contributed by atoms with Crippen LogP contribution in [0.3, 0.4) is 0 Å². The summed E-state index contributed by atoms with van der Waals surface area (Å²) in [6, 6.07) is 13.2. The largest absolute Gasteiger partial charge is 0.483 e. The molecular formula is C16H17BrN2O2. The van der Waals surface area contributed by atoms with Crippen LogP contribution in [0.15, 0.2) is 46.9 Å². The smallest absolute Gasteiger partial charge is 0.262 e. The minimum Gasteiger partial charge on any atom is -0.483 e. The predicted octanol–water partition coefficient (Wildman–Crippen LogP) is 3.23. The van der Waals surface area contributed by atoms with Gasteiger partial charge < -0.3 is 15.8 Å². The molecule has 2 aromatic rings. The molecule has 0 saturated carbocycles. The van der Waals surface area contributed by atoms with Gasteiger partial charge in [-0.05, 0) is 58.2 Å². The van der Waals surface area contributed by atoms with Gasteiger partial charge in [0.25, 0.3) is 5.91 Å². The number of nitrogens with two attached hydrogens (primary N) is 1. The third-order valence-corrected chi connectivity index (χ3v) is 3.51. The number of hydrogen-bond acceptors (Lipinski definition) is 3. The van der Waals surface area contributed by atoms with E-state index in [0.29, 0.717) is 12.3 Å². The van der Waals surface area contributed by atoms with Gasteiger partial charge in [0.2, 0.25) is 0 Å². The highest BCUT2D eigenvalue weighted by atomic mass is 79.9. The molecule has 0 aliphatic carbocycles. The van der Waals surface area contributed by atoms with E-state index in [4.69, 9.17) is 10.5 Å². The number of hydrogen-bond donors (Lipinski definition) is 2. The summed E-state index contributed by atoms with van der Waals surface area (Å²) in [6.07, 6.45) is 0. The lowest BCUT2D eigenvalue weighted by molar-refractivity contribution is -0.118. The first kappa shape index (κ1) is 15.5. The van der Waals surface area contributed by atoms with Crippen LogP contribution in [-0.4, -0.2) is 12.5 Å². The van der Waals surface area contributed by atoms with E-state index < -0.39 is 0 Å². The Hall–Kier alpha value is -1.85. The maximum Gasteiger partial charge on any atom is 0.262 e. The Morgan fingerprint density at radius 2 is 2.10 bits per heavy atom. The molecule has 0 atom stereocenters. The summed E-state index contributed by atoms with van der Waals surface area (Å²) in [5.41, 5.74) is 8.42. The van der Waals surface area contributed by atoms with Gasteiger partial charge in [0, 0.05) is 12.2 Å². The lowest BCUT2D eigenvalue weighted by Crippen LogP contribution is -2.20. The summed E-state index contributed by atoms with van der Waals surface area (Å²) >= 11 is 3.40. The van der Waals surface area contributed by atoms with E-state index in [1.807, 2.05) is 43.3 Å². The average Bonchev–Trinajstić information content (AvgIpc) is 2.46. The topological polar surface area (TPSA) is 64.3 Å². The Labute approximate surface area is 132 Å². The second-order valence-electron chi connectivity index (χ2n) is 4.68. The van der Waals surface area contributed by atoms with Crippen molar-refractivity contribution in [2.24, 2.45) is 5.73 Å². The number of benzene rings is 2. The molecule has 0 fully saturated rings. The molecule has 0 bridgehead atoms. The molecule has 2 rings (SSSR count). The number of carbonyl (C=O) groups is 1. The minimum absolute atomic E-state index is 0.0471. The van der Waals surface area contributed by atoms with Crippen molar-refractivity contribution in [2.45, 2.75) is 13.5 Å². The van der Waals surface area contributed by atoms with Crippen molar-refractivity contribution in [2.75, 3.05) is 11.9 Å². The molecule has 21 heavy (non-hydrogen) atoms. The summed E-state index contributed by atoms with van der Waals surface area (Å²) < 4.78 is 6.29. The zero-order valence-corrected chi connectivity index (χ0v) is 13.3. The van der Waals surface area contributed by atoms with E-state index in [9.17, 15) is 4.79 Å². The normalized spacial score (nSPS) is 10.2. The molecule has 0 saturated heterocycles. The summed E-state index contributed by atoms with van der Waals surface area (Å²) in [4.78, 5) is 11.9. The molecule has 0 unspecified atom stereocenters. The van der Waals surface area contributed by atoms with Crippen molar-refractivity contribution in [1.29, 1.82) is 0 Å². The number of ether oxygens (including phenoxy) is 1. The van der Waals surface area contributed by atoms with Gasteiger partial charge in [-0.3, -0.25) is 4.79 Å². The second-order valence-corrected chi connectivity index (χ2v) is 5.53. The molecule has 0 spiro atoms. The maximum absolute atomic E-state index is 11.9. The van der Waals surface area contributed by atoms with E-state index in [0.717, 1.165) is 21.3 Å². The summed E-state index contributed by atoms with van der Waals surface area (Å²) in [7, 11) is 0. The highest BCUT2D eigenvalue weighted by Gasteiger charge is 2.07. The molecule has 3 N–H and O–H groups in total. The van der Waals surface area contributed by atoms with Crippen LogP contribution in [0.4, 0.5) is 5.69 Å². The van der Waals surface area contributed by atoms with Gasteiger partial charge >= 0.3 is 0 Å². The summed E-state index contributed by atoms with van der Waals surface area (Å²) in [5, 5.41) is 2.80. The number of anilines is 1. The first-order valence-corrected chi connectivity index (χ1v) is 7.35. The molecule has 0 radical (unpaired) electrons. The number of rotatable bonds is 5. The van der Waals surface area contributed by atoms with Crippen molar-refractivity contribution in [3.05, 3.63) is 58.1 Å². The maximum atomic E-state index is 11.9. The van der Waals surface area contributed by atoms with Crippen LogP contribution in [0.25, 0.3) is 0 Å². The van der Waals surface area contributed by atoms with Crippen LogP contribution in [0, 0.1) is 6.92 Å². The van der Waals surface area contributed by atoms with Crippen molar-refractivity contribution in [1.82, 2.24) is 0 Å². The van der Waals surface area contributed by atoms with E-state index in [-0.39, 0.29) is 12.5 Å². The number of carbonyl (C=O) groups excluding carboxylic acids is 1. The van der Waals surface area contributed by atoms with Gasteiger partial charge in [0.05, 0.1) is 4.47 Å². The summed E-state index contributed by atoms with van der Waals surface area (Å²) in [5.74, 6) is 0.419. The van der Waals surface area contributed by atoms with E-state index >= 15 is 0 Å². The van der Waals surface area contributed by atoms with Crippen molar-refractivity contribution < 1.29 is 9.53 Å². The van der Waals surface area contributed by atoms with E-state index in [2.05, 4.69) is 21.2 Å². The number of aryl methyl sites for hydroxylation is 1. The first-order chi connectivity index (χ1) is 10.1. The lowest BCUT2D eigenvalue weighted by atomic mass is 10.2. The van der Waals surface area contributed by atoms with Gasteiger partial charge in [-0.1, -0.05) is 18.2 Å². The Morgan fingerprint density at radius 1 is 1.29 bits per heavy atom. The Bertz CT molecular complexity index is 644. The molecule has 110 valence electrons. The van der Waals surface area contributed by atoms with E-state index in [1.165, 1.54) is 0 Å². The van der Waals surface area contributed by atoms with Crippen LogP contribution in [0.5, 0.6) is 5.75 Å². The highest BCUT2D eigenvalue weighted by Crippen LogP contribution is 2.25. The zero-order chi connectivity index (χ0) is 15.2. The first-order valence-electron chi connectivity index (χ1n) is 6.56. The number of halogens is 1.